The molecule has 0 aliphatic carbocycles. The van der Waals surface area contributed by atoms with Gasteiger partial charge in [0.2, 0.25) is 0 Å². The van der Waals surface area contributed by atoms with Gasteiger partial charge in [0.05, 0.1) is 6.61 Å². The summed E-state index contributed by atoms with van der Waals surface area (Å²) in [7, 11) is 0. The molecule has 0 unspecified atom stereocenters. The van der Waals surface area contributed by atoms with Crippen molar-refractivity contribution in [2.45, 2.75) is 33.1 Å². The van der Waals surface area contributed by atoms with Crippen molar-refractivity contribution in [2.75, 3.05) is 57.4 Å². The lowest BCUT2D eigenvalue weighted by Gasteiger charge is -2.52. The Kier molecular flexibility index (Phi) is 6.31. The van der Waals surface area contributed by atoms with Gasteiger partial charge in [-0.1, -0.05) is 0 Å². The van der Waals surface area contributed by atoms with Crippen molar-refractivity contribution in [3.05, 3.63) is 24.0 Å². The fourth-order valence-electron chi connectivity index (χ4n) is 4.54. The Balaban J connectivity index is 1.59. The molecular formula is C20H33N3O2. The van der Waals surface area contributed by atoms with E-state index < -0.39 is 0 Å². The van der Waals surface area contributed by atoms with Crippen molar-refractivity contribution >= 4 is 5.69 Å². The number of rotatable bonds is 6. The van der Waals surface area contributed by atoms with Crippen LogP contribution in [0.3, 0.4) is 0 Å². The molecule has 25 heavy (non-hydrogen) atoms. The minimum absolute atomic E-state index is 0.291. The fourth-order valence-corrected chi connectivity index (χ4v) is 4.54. The number of aliphatic hydroxyl groups excluding tert-OH is 1. The molecule has 1 spiro atoms. The lowest BCUT2D eigenvalue weighted by Crippen LogP contribution is -2.53. The molecule has 5 nitrogen and oxygen atoms in total. The van der Waals surface area contributed by atoms with Gasteiger partial charge >= 0.3 is 0 Å². The zero-order valence-corrected chi connectivity index (χ0v) is 15.8. The normalized spacial score (nSPS) is 24.0. The fraction of sp³-hybridized carbons (Fsp3) is 0.750. The Morgan fingerprint density at radius 1 is 1.28 bits per heavy atom. The number of ether oxygens (including phenoxy) is 1. The highest BCUT2D eigenvalue weighted by atomic mass is 16.5. The second kappa shape index (κ2) is 8.47. The van der Waals surface area contributed by atoms with Crippen molar-refractivity contribution in [3.8, 4) is 0 Å². The molecule has 2 saturated heterocycles. The number of piperidine rings is 2. The second-order valence-corrected chi connectivity index (χ2v) is 7.63. The number of likely N-dealkylation sites (tertiary alicyclic amines) is 1. The first-order valence-electron chi connectivity index (χ1n) is 9.75. The summed E-state index contributed by atoms with van der Waals surface area (Å²) in [5.74, 6) is 0.365. The minimum Gasteiger partial charge on any atom is -0.396 e. The zero-order valence-electron chi connectivity index (χ0n) is 15.8. The van der Waals surface area contributed by atoms with E-state index in [0.717, 1.165) is 51.6 Å². The SMILES string of the molecule is CCOCCN1CCC2(CC1)CCN(c1ccnc(C)c1)C[C@@H]2CO. The summed E-state index contributed by atoms with van der Waals surface area (Å²) in [5, 5.41) is 10.1. The van der Waals surface area contributed by atoms with Crippen LogP contribution in [0.1, 0.15) is 31.9 Å². The molecular weight excluding hydrogens is 314 g/mol. The standard InChI is InChI=1S/C20H33N3O2/c1-3-25-13-12-22-9-5-20(6-10-22)7-11-23(15-18(20)16-24)19-4-8-21-17(2)14-19/h4,8,14,18,24H,3,5-7,9-13,15-16H2,1-2H3/t18-/m1/s1. The molecule has 0 aromatic carbocycles. The maximum atomic E-state index is 10.1. The van der Waals surface area contributed by atoms with E-state index in [0.29, 0.717) is 17.9 Å². The molecule has 1 atom stereocenters. The van der Waals surface area contributed by atoms with Crippen LogP contribution in [-0.2, 0) is 4.74 Å². The van der Waals surface area contributed by atoms with E-state index in [1.807, 2.05) is 13.1 Å². The van der Waals surface area contributed by atoms with Crippen molar-refractivity contribution in [1.82, 2.24) is 9.88 Å². The van der Waals surface area contributed by atoms with Gasteiger partial charge in [0, 0.05) is 56.3 Å². The van der Waals surface area contributed by atoms with Crippen LogP contribution in [-0.4, -0.2) is 67.5 Å². The van der Waals surface area contributed by atoms with E-state index in [-0.39, 0.29) is 0 Å². The summed E-state index contributed by atoms with van der Waals surface area (Å²) in [6.45, 7) is 11.4. The summed E-state index contributed by atoms with van der Waals surface area (Å²) in [4.78, 5) is 9.26. The Hall–Kier alpha value is -1.17. The van der Waals surface area contributed by atoms with Crippen LogP contribution in [0.2, 0.25) is 0 Å². The smallest absolute Gasteiger partial charge is 0.0593 e. The molecule has 1 aromatic heterocycles. The predicted molar refractivity (Wildman–Crippen MR) is 101 cm³/mol. The van der Waals surface area contributed by atoms with Gasteiger partial charge in [-0.3, -0.25) is 4.98 Å². The molecule has 140 valence electrons. The van der Waals surface area contributed by atoms with Gasteiger partial charge < -0.3 is 19.6 Å². The molecule has 0 bridgehead atoms. The molecule has 5 heteroatoms. The quantitative estimate of drug-likeness (QED) is 0.801. The molecule has 3 heterocycles. The zero-order chi connectivity index (χ0) is 17.7. The van der Waals surface area contributed by atoms with Crippen LogP contribution >= 0.6 is 0 Å². The topological polar surface area (TPSA) is 48.8 Å². The van der Waals surface area contributed by atoms with Crippen LogP contribution < -0.4 is 4.90 Å². The van der Waals surface area contributed by atoms with Crippen molar-refractivity contribution < 1.29 is 9.84 Å². The first-order chi connectivity index (χ1) is 12.2. The van der Waals surface area contributed by atoms with E-state index in [4.69, 9.17) is 4.74 Å². The van der Waals surface area contributed by atoms with E-state index in [2.05, 4.69) is 33.8 Å². The van der Waals surface area contributed by atoms with Crippen LogP contribution in [0, 0.1) is 18.3 Å². The first kappa shape index (κ1) is 18.6. The lowest BCUT2D eigenvalue weighted by molar-refractivity contribution is -0.00380. The van der Waals surface area contributed by atoms with Crippen LogP contribution in [0.25, 0.3) is 0 Å². The number of hydrogen-bond donors (Lipinski definition) is 1. The van der Waals surface area contributed by atoms with Crippen LogP contribution in [0.4, 0.5) is 5.69 Å². The van der Waals surface area contributed by atoms with Gasteiger partial charge in [0.25, 0.3) is 0 Å². The third kappa shape index (κ3) is 4.33. The van der Waals surface area contributed by atoms with Crippen molar-refractivity contribution in [1.29, 1.82) is 0 Å². The molecule has 1 aromatic rings. The van der Waals surface area contributed by atoms with Crippen LogP contribution in [0.15, 0.2) is 18.3 Å². The average Bonchev–Trinajstić information content (AvgIpc) is 2.64. The first-order valence-corrected chi connectivity index (χ1v) is 9.75. The molecule has 0 radical (unpaired) electrons. The summed E-state index contributed by atoms with van der Waals surface area (Å²) < 4.78 is 5.49. The molecule has 3 rings (SSSR count). The lowest BCUT2D eigenvalue weighted by atomic mass is 9.64. The highest BCUT2D eigenvalue weighted by Crippen LogP contribution is 2.45. The highest BCUT2D eigenvalue weighted by molar-refractivity contribution is 5.47. The Morgan fingerprint density at radius 3 is 2.72 bits per heavy atom. The Morgan fingerprint density at radius 2 is 2.04 bits per heavy atom. The number of aryl methyl sites for hydroxylation is 1. The summed E-state index contributed by atoms with van der Waals surface area (Å²) in [6.07, 6.45) is 5.47. The Labute approximate surface area is 152 Å². The molecule has 1 N–H and O–H groups in total. The van der Waals surface area contributed by atoms with Gasteiger partial charge in [-0.15, -0.1) is 0 Å². The van der Waals surface area contributed by atoms with E-state index >= 15 is 0 Å². The summed E-state index contributed by atoms with van der Waals surface area (Å²) >= 11 is 0. The third-order valence-electron chi connectivity index (χ3n) is 6.26. The van der Waals surface area contributed by atoms with Crippen molar-refractivity contribution in [2.24, 2.45) is 11.3 Å². The third-order valence-corrected chi connectivity index (χ3v) is 6.26. The molecule has 0 amide bonds. The predicted octanol–water partition coefficient (Wildman–Crippen LogP) is 2.33. The van der Waals surface area contributed by atoms with Crippen molar-refractivity contribution in [3.63, 3.8) is 0 Å². The molecule has 2 fully saturated rings. The molecule has 0 saturated carbocycles. The largest absolute Gasteiger partial charge is 0.396 e. The number of anilines is 1. The average molecular weight is 348 g/mol. The summed E-state index contributed by atoms with van der Waals surface area (Å²) in [6, 6.07) is 4.25. The molecule has 2 aliphatic heterocycles. The minimum atomic E-state index is 0.291. The van der Waals surface area contributed by atoms with Gasteiger partial charge in [0.15, 0.2) is 0 Å². The number of pyridine rings is 1. The number of hydrogen-bond acceptors (Lipinski definition) is 5. The van der Waals surface area contributed by atoms with Gasteiger partial charge in [0.1, 0.15) is 0 Å². The van der Waals surface area contributed by atoms with Crippen LogP contribution in [0.5, 0.6) is 0 Å². The number of aromatic nitrogens is 1. The van der Waals surface area contributed by atoms with Gasteiger partial charge in [-0.05, 0) is 63.7 Å². The highest BCUT2D eigenvalue weighted by Gasteiger charge is 2.44. The maximum Gasteiger partial charge on any atom is 0.0593 e. The monoisotopic (exact) mass is 347 g/mol. The number of nitrogens with zero attached hydrogens (tertiary/aromatic N) is 3. The van der Waals surface area contributed by atoms with Gasteiger partial charge in [-0.25, -0.2) is 0 Å². The van der Waals surface area contributed by atoms with Gasteiger partial charge in [-0.2, -0.15) is 0 Å². The Bertz CT molecular complexity index is 543. The van der Waals surface area contributed by atoms with E-state index in [9.17, 15) is 5.11 Å². The van der Waals surface area contributed by atoms with E-state index in [1.165, 1.54) is 24.9 Å². The summed E-state index contributed by atoms with van der Waals surface area (Å²) in [5.41, 5.74) is 2.62. The molecule has 2 aliphatic rings. The van der Waals surface area contributed by atoms with E-state index in [1.54, 1.807) is 0 Å². The maximum absolute atomic E-state index is 10.1. The second-order valence-electron chi connectivity index (χ2n) is 7.63. The number of aliphatic hydroxyl groups is 1.